The Labute approximate surface area is 64.8 Å². The van der Waals surface area contributed by atoms with Crippen LogP contribution in [0.15, 0.2) is 0 Å². The second-order valence-corrected chi connectivity index (χ2v) is 2.27. The lowest BCUT2D eigenvalue weighted by atomic mass is 10.4. The van der Waals surface area contributed by atoms with E-state index in [2.05, 4.69) is 9.84 Å². The van der Waals surface area contributed by atoms with Crippen LogP contribution < -0.4 is 15.1 Å². The number of rotatable bonds is 4. The average Bonchev–Trinajstić information content (AvgIpc) is 1.98. The molecule has 1 atom stereocenters. The molecule has 0 aliphatic heterocycles. The minimum Gasteiger partial charge on any atom is -0.820 e. The van der Waals surface area contributed by atoms with E-state index in [-0.39, 0.29) is 0 Å². The summed E-state index contributed by atoms with van der Waals surface area (Å²) >= 11 is 0. The fourth-order valence-electron chi connectivity index (χ4n) is 0.429. The van der Waals surface area contributed by atoms with Crippen LogP contribution in [0.1, 0.15) is 0 Å². The molecule has 0 aliphatic rings. The molecule has 2 N–H and O–H groups in total. The molecule has 11 heavy (non-hydrogen) atoms. The van der Waals surface area contributed by atoms with E-state index in [0.717, 1.165) is 0 Å². The smallest absolute Gasteiger partial charge is 0.251 e. The zero-order valence-electron chi connectivity index (χ0n) is 5.81. The second-order valence-electron chi connectivity index (χ2n) is 1.61. The third-order valence-corrected chi connectivity index (χ3v) is 1.34. The summed E-state index contributed by atoms with van der Waals surface area (Å²) in [6.07, 6.45) is -1.33. The Kier molecular flexibility index (Phi) is 5.27. The first-order chi connectivity index (χ1) is 5.11. The number of aliphatic hydroxyl groups is 1. The maximum absolute atomic E-state index is 10.6. The predicted octanol–water partition coefficient (Wildman–Crippen LogP) is -2.94. The minimum absolute atomic E-state index is 0.664. The Morgan fingerprint density at radius 2 is 2.36 bits per heavy atom. The molecule has 0 aromatic carbocycles. The highest BCUT2D eigenvalue weighted by Gasteiger charge is 2.14. The summed E-state index contributed by atoms with van der Waals surface area (Å²) in [4.78, 5) is 30.4. The topological polar surface area (TPSA) is 105 Å². The highest BCUT2D eigenvalue weighted by atomic mass is 31.2. The van der Waals surface area contributed by atoms with Crippen molar-refractivity contribution in [2.45, 2.75) is 6.10 Å². The molecule has 0 spiro atoms. The third kappa shape index (κ3) is 4.23. The van der Waals surface area contributed by atoms with Crippen LogP contribution in [0.4, 0.5) is 0 Å². The fraction of sp³-hybridized carbons (Fsp3) is 0.750. The maximum atomic E-state index is 10.6. The van der Waals surface area contributed by atoms with Crippen molar-refractivity contribution in [1.29, 1.82) is 0 Å². The van der Waals surface area contributed by atoms with Gasteiger partial charge in [-0.25, -0.2) is 0 Å². The lowest BCUT2D eigenvalue weighted by molar-refractivity contribution is -0.321. The zero-order chi connectivity index (χ0) is 8.85. The van der Waals surface area contributed by atoms with E-state index in [1.807, 2.05) is 0 Å². The quantitative estimate of drug-likeness (QED) is 0.451. The van der Waals surface area contributed by atoms with Crippen molar-refractivity contribution in [2.75, 3.05) is 13.7 Å². The first-order valence-corrected chi connectivity index (χ1v) is 3.85. The van der Waals surface area contributed by atoms with Crippen molar-refractivity contribution in [3.63, 3.8) is 0 Å². The molecule has 0 aromatic heterocycles. The van der Waals surface area contributed by atoms with E-state index in [4.69, 9.17) is 5.11 Å². The maximum Gasteiger partial charge on any atom is 0.251 e. The minimum atomic E-state index is -3.10. The van der Waals surface area contributed by atoms with Gasteiger partial charge in [0.25, 0.3) is 5.91 Å². The van der Waals surface area contributed by atoms with Crippen LogP contribution in [0, 0.1) is 0 Å². The van der Waals surface area contributed by atoms with Gasteiger partial charge in [-0.15, -0.1) is 0 Å². The number of carbonyl (C=O) groups excluding carboxylic acids is 1. The Morgan fingerprint density at radius 1 is 1.82 bits per heavy atom. The van der Waals surface area contributed by atoms with Crippen molar-refractivity contribution in [3.05, 3.63) is 0 Å². The molecule has 0 radical (unpaired) electrons. The van der Waals surface area contributed by atoms with Crippen molar-refractivity contribution < 1.29 is 24.2 Å². The first-order valence-electron chi connectivity index (χ1n) is 2.75. The van der Waals surface area contributed by atoms with Gasteiger partial charge in [0, 0.05) is 7.05 Å². The van der Waals surface area contributed by atoms with Gasteiger partial charge in [0.05, 0.1) is 6.61 Å². The molecule has 0 heterocycles. The standard InChI is InChI=1S/C4H8NO5P/c1-5-4(7)3(2-6)10-11(8)9/h3,6H,2H2,1H3,(H,5,7)/q-2. The zero-order valence-corrected chi connectivity index (χ0v) is 6.71. The predicted molar refractivity (Wildman–Crippen MR) is 32.9 cm³/mol. The molecule has 1 amide bonds. The van der Waals surface area contributed by atoms with Gasteiger partial charge in [-0.2, -0.15) is 8.60 Å². The molecule has 6 nitrogen and oxygen atoms in total. The van der Waals surface area contributed by atoms with Crippen LogP contribution in [0.3, 0.4) is 0 Å². The van der Waals surface area contributed by atoms with E-state index in [0.29, 0.717) is 0 Å². The second kappa shape index (κ2) is 5.40. The normalized spacial score (nSPS) is 13.2. The molecule has 0 aliphatic carbocycles. The van der Waals surface area contributed by atoms with Crippen LogP contribution in [-0.4, -0.2) is 30.8 Å². The Balaban J connectivity index is 3.84. The van der Waals surface area contributed by atoms with E-state index >= 15 is 0 Å². The van der Waals surface area contributed by atoms with Gasteiger partial charge >= 0.3 is 0 Å². The summed E-state index contributed by atoms with van der Waals surface area (Å²) in [7, 11) is -1.79. The van der Waals surface area contributed by atoms with E-state index < -0.39 is 27.2 Å². The van der Waals surface area contributed by atoms with Gasteiger partial charge in [0.1, 0.15) is 0 Å². The van der Waals surface area contributed by atoms with Gasteiger partial charge in [-0.05, 0) is 0 Å². The molecule has 0 saturated carbocycles. The highest BCUT2D eigenvalue weighted by molar-refractivity contribution is 7.36. The third-order valence-electron chi connectivity index (χ3n) is 0.918. The number of amides is 1. The van der Waals surface area contributed by atoms with Crippen molar-refractivity contribution in [2.24, 2.45) is 0 Å². The van der Waals surface area contributed by atoms with E-state index in [1.165, 1.54) is 7.05 Å². The van der Waals surface area contributed by atoms with Crippen molar-refractivity contribution >= 4 is 14.5 Å². The van der Waals surface area contributed by atoms with Gasteiger partial charge in [0.2, 0.25) is 0 Å². The molecule has 0 saturated heterocycles. The van der Waals surface area contributed by atoms with Crippen molar-refractivity contribution in [1.82, 2.24) is 5.32 Å². The van der Waals surface area contributed by atoms with E-state index in [1.54, 1.807) is 0 Å². The lowest BCUT2D eigenvalue weighted by Crippen LogP contribution is -2.37. The molecular formula is C4H8NO5P-2. The number of hydrogen-bond donors (Lipinski definition) is 2. The lowest BCUT2D eigenvalue weighted by Gasteiger charge is -2.32. The highest BCUT2D eigenvalue weighted by Crippen LogP contribution is 2.16. The molecule has 66 valence electrons. The summed E-state index contributed by atoms with van der Waals surface area (Å²) in [6.45, 7) is -0.664. The van der Waals surface area contributed by atoms with Crippen LogP contribution in [0.5, 0.6) is 0 Å². The molecule has 7 heteroatoms. The van der Waals surface area contributed by atoms with Crippen LogP contribution in [0.25, 0.3) is 0 Å². The Hall–Kier alpha value is -0.260. The van der Waals surface area contributed by atoms with Gasteiger partial charge in [0.15, 0.2) is 6.10 Å². The summed E-state index contributed by atoms with van der Waals surface area (Å²) < 4.78 is 4.04. The molecule has 1 unspecified atom stereocenters. The number of aliphatic hydroxyl groups excluding tert-OH is 1. The summed E-state index contributed by atoms with van der Waals surface area (Å²) in [5, 5.41) is 10.6. The molecular weight excluding hydrogens is 173 g/mol. The molecule has 0 rings (SSSR count). The molecule has 0 fully saturated rings. The van der Waals surface area contributed by atoms with Gasteiger partial charge in [-0.1, -0.05) is 0 Å². The Bertz CT molecular complexity index is 130. The first kappa shape index (κ1) is 10.7. The number of nitrogens with one attached hydrogen (secondary N) is 1. The Morgan fingerprint density at radius 3 is 2.64 bits per heavy atom. The SMILES string of the molecule is CNC(=O)C(CO)OP([O-])[O-]. The summed E-state index contributed by atoms with van der Waals surface area (Å²) in [5.74, 6) is -0.674. The number of hydrogen-bond acceptors (Lipinski definition) is 5. The van der Waals surface area contributed by atoms with Crippen LogP contribution >= 0.6 is 8.60 Å². The van der Waals surface area contributed by atoms with Crippen LogP contribution in [0.2, 0.25) is 0 Å². The number of likely N-dealkylation sites (N-methyl/N-ethyl adjacent to an activating group) is 1. The summed E-state index contributed by atoms with van der Waals surface area (Å²) in [6, 6.07) is 0. The number of carbonyl (C=O) groups is 1. The van der Waals surface area contributed by atoms with Gasteiger partial charge < -0.3 is 24.7 Å². The largest absolute Gasteiger partial charge is 0.820 e. The summed E-state index contributed by atoms with van der Waals surface area (Å²) in [5.41, 5.74) is 0. The van der Waals surface area contributed by atoms with Crippen molar-refractivity contribution in [3.8, 4) is 0 Å². The average molecular weight is 181 g/mol. The van der Waals surface area contributed by atoms with Crippen LogP contribution in [-0.2, 0) is 9.32 Å². The fourth-order valence-corrected chi connectivity index (χ4v) is 0.799. The van der Waals surface area contributed by atoms with Gasteiger partial charge in [-0.3, -0.25) is 4.79 Å². The monoisotopic (exact) mass is 181 g/mol. The van der Waals surface area contributed by atoms with E-state index in [9.17, 15) is 14.6 Å². The molecule has 0 aromatic rings. The molecule has 0 bridgehead atoms.